The van der Waals surface area contributed by atoms with E-state index in [2.05, 4.69) is 21.6 Å². The van der Waals surface area contributed by atoms with Gasteiger partial charge in [0.05, 0.1) is 34.7 Å². The number of halogens is 1. The molecule has 0 radical (unpaired) electrons. The summed E-state index contributed by atoms with van der Waals surface area (Å²) < 4.78 is 20.6. The molecular formula is C26H32FN5O4. The number of carbonyl (C=O) groups is 1. The van der Waals surface area contributed by atoms with E-state index in [0.717, 1.165) is 42.7 Å². The van der Waals surface area contributed by atoms with Gasteiger partial charge in [0, 0.05) is 49.7 Å². The van der Waals surface area contributed by atoms with Crippen molar-refractivity contribution in [3.63, 3.8) is 0 Å². The van der Waals surface area contributed by atoms with E-state index in [1.165, 1.54) is 6.07 Å². The van der Waals surface area contributed by atoms with Crippen LogP contribution in [-0.4, -0.2) is 63.8 Å². The zero-order chi connectivity index (χ0) is 26.1. The Bertz CT molecular complexity index is 1380. The van der Waals surface area contributed by atoms with Gasteiger partial charge < -0.3 is 25.0 Å². The first-order valence-corrected chi connectivity index (χ1v) is 12.1. The van der Waals surface area contributed by atoms with Gasteiger partial charge in [-0.2, -0.15) is 0 Å². The van der Waals surface area contributed by atoms with Crippen molar-refractivity contribution in [3.8, 4) is 11.4 Å². The number of carboxylic acid groups (broad SMARTS) is 1. The van der Waals surface area contributed by atoms with Crippen LogP contribution in [0.3, 0.4) is 0 Å². The molecule has 192 valence electrons. The van der Waals surface area contributed by atoms with Crippen molar-refractivity contribution < 1.29 is 19.0 Å². The van der Waals surface area contributed by atoms with Crippen molar-refractivity contribution in [1.29, 1.82) is 0 Å². The van der Waals surface area contributed by atoms with E-state index >= 15 is 0 Å². The largest absolute Gasteiger partial charge is 0.506 e. The van der Waals surface area contributed by atoms with Crippen LogP contribution >= 0.6 is 0 Å². The van der Waals surface area contributed by atoms with E-state index in [1.54, 1.807) is 17.6 Å². The minimum atomic E-state index is -1.44. The number of rotatable bonds is 4. The number of benzene rings is 1. The molecule has 3 aromatic rings. The topological polar surface area (TPSA) is 114 Å². The molecule has 2 aliphatic rings. The Hall–Kier alpha value is -3.50. The third-order valence-corrected chi connectivity index (χ3v) is 6.82. The number of aromatic nitrogens is 2. The van der Waals surface area contributed by atoms with Crippen LogP contribution in [0.2, 0.25) is 0 Å². The summed E-state index contributed by atoms with van der Waals surface area (Å²) in [4.78, 5) is 33.5. The van der Waals surface area contributed by atoms with E-state index in [1.807, 2.05) is 19.9 Å². The molecule has 0 bridgehead atoms. The van der Waals surface area contributed by atoms with Gasteiger partial charge in [-0.3, -0.25) is 9.69 Å². The summed E-state index contributed by atoms with van der Waals surface area (Å²) in [5.41, 5.74) is 10.2. The lowest BCUT2D eigenvalue weighted by molar-refractivity contribution is 0.0848. The zero-order valence-corrected chi connectivity index (χ0v) is 21.1. The third-order valence-electron chi connectivity index (χ3n) is 6.82. The molecule has 10 heteroatoms. The van der Waals surface area contributed by atoms with E-state index in [-0.39, 0.29) is 17.9 Å². The number of ether oxygens (including phenoxy) is 1. The second kappa shape index (κ2) is 10.2. The van der Waals surface area contributed by atoms with Gasteiger partial charge in [0.25, 0.3) is 5.56 Å². The van der Waals surface area contributed by atoms with Crippen LogP contribution in [0.5, 0.6) is 0 Å². The van der Waals surface area contributed by atoms with Gasteiger partial charge in [0.1, 0.15) is 12.4 Å². The minimum absolute atomic E-state index is 0.0607. The first kappa shape index (κ1) is 25.6. The number of hydrogen-bond donors (Lipinski definition) is 2. The fourth-order valence-electron chi connectivity index (χ4n) is 4.83. The number of nitrogens with zero attached hydrogens (tertiary/aromatic N) is 4. The molecule has 2 aliphatic heterocycles. The van der Waals surface area contributed by atoms with Crippen LogP contribution < -0.4 is 11.3 Å². The summed E-state index contributed by atoms with van der Waals surface area (Å²) in [6.07, 6.45) is -1.44. The molecule has 2 aromatic heterocycles. The fraction of sp³-hybridized carbons (Fsp3) is 0.423. The second-order valence-corrected chi connectivity index (χ2v) is 9.02. The second-order valence-electron chi connectivity index (χ2n) is 9.02. The molecule has 36 heavy (non-hydrogen) atoms. The Morgan fingerprint density at radius 1 is 1.17 bits per heavy atom. The maximum Gasteiger partial charge on any atom is 0.506 e. The average Bonchev–Trinajstić information content (AvgIpc) is 3.21. The van der Waals surface area contributed by atoms with E-state index < -0.39 is 12.0 Å². The van der Waals surface area contributed by atoms with Crippen LogP contribution in [0.25, 0.3) is 22.3 Å². The Morgan fingerprint density at radius 2 is 1.86 bits per heavy atom. The van der Waals surface area contributed by atoms with Gasteiger partial charge in [-0.25, -0.2) is 14.2 Å². The first-order chi connectivity index (χ1) is 17.2. The highest BCUT2D eigenvalue weighted by molar-refractivity contribution is 5.90. The zero-order valence-electron chi connectivity index (χ0n) is 21.1. The predicted octanol–water partition coefficient (Wildman–Crippen LogP) is 3.42. The van der Waals surface area contributed by atoms with Gasteiger partial charge in [0.15, 0.2) is 0 Å². The van der Waals surface area contributed by atoms with Crippen molar-refractivity contribution >= 4 is 22.7 Å². The number of likely N-dealkylation sites (N-methyl/N-ethyl adjacent to an activating group) is 1. The maximum absolute atomic E-state index is 14.4. The highest BCUT2D eigenvalue weighted by Crippen LogP contribution is 2.37. The van der Waals surface area contributed by atoms with Crippen LogP contribution in [0.1, 0.15) is 36.1 Å². The summed E-state index contributed by atoms with van der Waals surface area (Å²) in [7, 11) is 2.09. The first-order valence-electron chi connectivity index (χ1n) is 12.1. The predicted molar refractivity (Wildman–Crippen MR) is 137 cm³/mol. The van der Waals surface area contributed by atoms with Crippen LogP contribution in [0.15, 0.2) is 23.0 Å². The molecule has 0 unspecified atom stereocenters. The number of pyridine rings is 2. The molecule has 0 amide bonds. The van der Waals surface area contributed by atoms with E-state index in [9.17, 15) is 14.0 Å². The van der Waals surface area contributed by atoms with Crippen molar-refractivity contribution in [2.45, 2.75) is 40.5 Å². The lowest BCUT2D eigenvalue weighted by atomic mass is 9.99. The number of fused-ring (bicyclic) bond motifs is 4. The average molecular weight is 498 g/mol. The van der Waals surface area contributed by atoms with Crippen molar-refractivity contribution in [3.05, 3.63) is 56.6 Å². The lowest BCUT2D eigenvalue weighted by Gasteiger charge is -2.33. The molecule has 1 aromatic carbocycles. The molecular weight excluding hydrogens is 465 g/mol. The highest BCUT2D eigenvalue weighted by Gasteiger charge is 2.29. The normalized spacial score (nSPS) is 15.2. The summed E-state index contributed by atoms with van der Waals surface area (Å²) in [6, 6.07) is 4.80. The van der Waals surface area contributed by atoms with Crippen LogP contribution in [0.4, 0.5) is 14.9 Å². The molecule has 0 atom stereocenters. The van der Waals surface area contributed by atoms with Crippen LogP contribution in [-0.2, 0) is 24.4 Å². The molecule has 1 fully saturated rings. The summed E-state index contributed by atoms with van der Waals surface area (Å²) in [6.45, 7) is 10.1. The Morgan fingerprint density at radius 3 is 2.53 bits per heavy atom. The molecule has 0 spiro atoms. The van der Waals surface area contributed by atoms with Gasteiger partial charge in [-0.05, 0) is 37.2 Å². The minimum Gasteiger partial charge on any atom is -0.450 e. The third kappa shape index (κ3) is 4.66. The summed E-state index contributed by atoms with van der Waals surface area (Å²) in [5.74, 6) is -0.529. The molecule has 1 saturated heterocycles. The van der Waals surface area contributed by atoms with Gasteiger partial charge >= 0.3 is 6.16 Å². The van der Waals surface area contributed by atoms with Crippen molar-refractivity contribution in [1.82, 2.24) is 19.4 Å². The molecule has 3 N–H and O–H groups in total. The number of piperazine rings is 1. The summed E-state index contributed by atoms with van der Waals surface area (Å²) >= 11 is 0. The molecule has 5 rings (SSSR count). The van der Waals surface area contributed by atoms with Gasteiger partial charge in [-0.1, -0.05) is 13.8 Å². The Labute approximate surface area is 208 Å². The number of hydrogen-bond acceptors (Lipinski definition) is 7. The van der Waals surface area contributed by atoms with E-state index in [0.29, 0.717) is 41.1 Å². The molecule has 9 nitrogen and oxygen atoms in total. The van der Waals surface area contributed by atoms with Gasteiger partial charge in [0.2, 0.25) is 0 Å². The van der Waals surface area contributed by atoms with E-state index in [4.69, 9.17) is 15.8 Å². The van der Waals surface area contributed by atoms with Crippen molar-refractivity contribution in [2.24, 2.45) is 0 Å². The maximum atomic E-state index is 14.4. The van der Waals surface area contributed by atoms with Crippen LogP contribution in [0, 0.1) is 12.7 Å². The highest BCUT2D eigenvalue weighted by atomic mass is 19.1. The van der Waals surface area contributed by atoms with Gasteiger partial charge in [-0.15, -0.1) is 0 Å². The Balaban J connectivity index is 0.00000148. The monoisotopic (exact) mass is 497 g/mol. The number of nitrogens with two attached hydrogens (primary N) is 1. The molecule has 0 aliphatic carbocycles. The quantitative estimate of drug-likeness (QED) is 0.326. The van der Waals surface area contributed by atoms with Crippen molar-refractivity contribution in [2.75, 3.05) is 39.0 Å². The number of aryl methyl sites for hydroxylation is 1. The Kier molecular flexibility index (Phi) is 7.28. The number of nitrogen functional groups attached to an aromatic ring is 1. The molecule has 4 heterocycles. The molecule has 0 saturated carbocycles. The number of anilines is 1. The summed E-state index contributed by atoms with van der Waals surface area (Å²) in [5, 5.41) is 9.65. The smallest absolute Gasteiger partial charge is 0.450 e. The fourth-order valence-corrected chi connectivity index (χ4v) is 4.83. The standard InChI is InChI=1S/C24H26FN5O4.C2H6/c1-13-7-21-22-16(11-30(21)23(31)17(13)12-34-24(32)33)15(10-29-5-3-28(2)4-6-29)14-8-19(26)18(25)9-20(14)27-22;1-2/h7-9H,3-6,10-12,26H2,1-2H3,(H,32,33);1-2H3. The SMILES string of the molecule is CC.Cc1cc2n(c(=O)c1COC(=O)O)Cc1c-2nc2cc(F)c(N)cc2c1CN1CCN(C)CC1. The lowest BCUT2D eigenvalue weighted by Crippen LogP contribution is -2.44.